The average Bonchev–Trinajstić information content (AvgIpc) is 3.29. The lowest BCUT2D eigenvalue weighted by molar-refractivity contribution is -0.156. The molecule has 0 spiro atoms. The molecule has 2 aromatic carbocycles. The highest BCUT2D eigenvalue weighted by atomic mass is 19.4. The minimum atomic E-state index is -4.54. The number of anilines is 1. The standard InChI is InChI=1S/C28H28F3N3O3/c1-27(2,3)37-26(36)24-15-18(10-12-33-24)22-16-20(28(29,30)31)6-4-17(22)5-9-25(35)34-21-7-8-23-19(14-21)11-13-32-23/h4-9,11,13-16,24,32-33H,10,12H2,1-3H3,(H,34,35). The van der Waals surface area contributed by atoms with E-state index in [2.05, 4.69) is 15.6 Å². The van der Waals surface area contributed by atoms with Gasteiger partial charge in [-0.2, -0.15) is 13.2 Å². The Balaban J connectivity index is 1.61. The summed E-state index contributed by atoms with van der Waals surface area (Å²) in [5.41, 5.74) is 1.32. The smallest absolute Gasteiger partial charge is 0.416 e. The summed E-state index contributed by atoms with van der Waals surface area (Å²) in [6.07, 6.45) is 2.01. The zero-order valence-electron chi connectivity index (χ0n) is 20.7. The van der Waals surface area contributed by atoms with E-state index in [1.54, 1.807) is 39.1 Å². The number of hydrogen-bond acceptors (Lipinski definition) is 4. The van der Waals surface area contributed by atoms with E-state index in [9.17, 15) is 22.8 Å². The van der Waals surface area contributed by atoms with Gasteiger partial charge in [0.15, 0.2) is 0 Å². The lowest BCUT2D eigenvalue weighted by atomic mass is 9.91. The number of amides is 1. The van der Waals surface area contributed by atoms with Gasteiger partial charge in [-0.1, -0.05) is 12.1 Å². The zero-order valence-corrected chi connectivity index (χ0v) is 20.7. The average molecular weight is 512 g/mol. The van der Waals surface area contributed by atoms with E-state index < -0.39 is 35.3 Å². The summed E-state index contributed by atoms with van der Waals surface area (Å²) in [5.74, 6) is -0.931. The molecule has 0 radical (unpaired) electrons. The predicted octanol–water partition coefficient (Wildman–Crippen LogP) is 5.93. The largest absolute Gasteiger partial charge is 0.459 e. The van der Waals surface area contributed by atoms with Crippen molar-refractivity contribution >= 4 is 40.1 Å². The molecular formula is C28H28F3N3O3. The van der Waals surface area contributed by atoms with Crippen molar-refractivity contribution in [2.45, 2.75) is 45.0 Å². The first-order valence-electron chi connectivity index (χ1n) is 11.8. The first-order valence-corrected chi connectivity index (χ1v) is 11.8. The van der Waals surface area contributed by atoms with Crippen molar-refractivity contribution in [2.75, 3.05) is 11.9 Å². The second-order valence-electron chi connectivity index (χ2n) is 9.81. The van der Waals surface area contributed by atoms with Gasteiger partial charge in [0.1, 0.15) is 11.6 Å². The molecule has 0 saturated heterocycles. The summed E-state index contributed by atoms with van der Waals surface area (Å²) < 4.78 is 46.0. The number of halogens is 3. The molecule has 4 rings (SSSR count). The number of rotatable bonds is 5. The number of carbonyl (C=O) groups is 2. The van der Waals surface area contributed by atoms with Crippen molar-refractivity contribution in [3.63, 3.8) is 0 Å². The number of H-pyrrole nitrogens is 1. The van der Waals surface area contributed by atoms with E-state index in [0.29, 0.717) is 35.4 Å². The number of fused-ring (bicyclic) bond motifs is 1. The third-order valence-electron chi connectivity index (χ3n) is 5.75. The Labute approximate surface area is 212 Å². The Morgan fingerprint density at radius 2 is 1.86 bits per heavy atom. The van der Waals surface area contributed by atoms with Crippen LogP contribution in [0.4, 0.5) is 18.9 Å². The van der Waals surface area contributed by atoms with Crippen LogP contribution in [0, 0.1) is 0 Å². The minimum absolute atomic E-state index is 0.308. The fourth-order valence-corrected chi connectivity index (χ4v) is 4.08. The van der Waals surface area contributed by atoms with Crippen LogP contribution in [0.5, 0.6) is 0 Å². The molecule has 37 heavy (non-hydrogen) atoms. The number of carbonyl (C=O) groups excluding carboxylic acids is 2. The van der Waals surface area contributed by atoms with Crippen molar-refractivity contribution in [2.24, 2.45) is 0 Å². The maximum absolute atomic E-state index is 13.5. The number of esters is 1. The van der Waals surface area contributed by atoms with Gasteiger partial charge in [0.2, 0.25) is 5.91 Å². The van der Waals surface area contributed by atoms with E-state index in [0.717, 1.165) is 23.0 Å². The molecule has 1 amide bonds. The monoisotopic (exact) mass is 511 g/mol. The van der Waals surface area contributed by atoms with Gasteiger partial charge in [-0.3, -0.25) is 4.79 Å². The van der Waals surface area contributed by atoms with Crippen molar-refractivity contribution < 1.29 is 27.5 Å². The van der Waals surface area contributed by atoms with E-state index in [1.165, 1.54) is 18.2 Å². The van der Waals surface area contributed by atoms with Crippen LogP contribution < -0.4 is 10.6 Å². The van der Waals surface area contributed by atoms with Gasteiger partial charge in [0.25, 0.3) is 0 Å². The van der Waals surface area contributed by atoms with Crippen LogP contribution >= 0.6 is 0 Å². The fourth-order valence-electron chi connectivity index (χ4n) is 4.08. The number of aromatic amines is 1. The number of ether oxygens (including phenoxy) is 1. The molecule has 2 heterocycles. The summed E-state index contributed by atoms with van der Waals surface area (Å²) in [4.78, 5) is 28.2. The maximum Gasteiger partial charge on any atom is 0.416 e. The van der Waals surface area contributed by atoms with Crippen molar-refractivity contribution in [1.29, 1.82) is 0 Å². The number of benzene rings is 2. The van der Waals surface area contributed by atoms with Crippen LogP contribution in [-0.4, -0.2) is 35.0 Å². The first-order chi connectivity index (χ1) is 17.4. The molecule has 1 atom stereocenters. The number of nitrogens with one attached hydrogen (secondary N) is 3. The Bertz CT molecular complexity index is 1380. The van der Waals surface area contributed by atoms with Gasteiger partial charge < -0.3 is 20.4 Å². The molecule has 0 saturated carbocycles. The lowest BCUT2D eigenvalue weighted by Crippen LogP contribution is -2.42. The first kappa shape index (κ1) is 26.2. The Hall–Kier alpha value is -3.85. The second-order valence-corrected chi connectivity index (χ2v) is 9.81. The second kappa shape index (κ2) is 10.3. The Morgan fingerprint density at radius 1 is 1.08 bits per heavy atom. The topological polar surface area (TPSA) is 83.2 Å². The third kappa shape index (κ3) is 6.68. The highest BCUT2D eigenvalue weighted by molar-refractivity contribution is 6.03. The van der Waals surface area contributed by atoms with E-state index in [-0.39, 0.29) is 0 Å². The summed E-state index contributed by atoms with van der Waals surface area (Å²) in [6.45, 7) is 5.62. The summed E-state index contributed by atoms with van der Waals surface area (Å²) in [6, 6.07) is 9.87. The van der Waals surface area contributed by atoms with Gasteiger partial charge in [0, 0.05) is 35.4 Å². The van der Waals surface area contributed by atoms with Crippen LogP contribution in [0.15, 0.2) is 60.8 Å². The molecule has 1 aliphatic rings. The highest BCUT2D eigenvalue weighted by Crippen LogP contribution is 2.34. The number of alkyl halides is 3. The quantitative estimate of drug-likeness (QED) is 0.293. The van der Waals surface area contributed by atoms with Gasteiger partial charge in [-0.15, -0.1) is 0 Å². The molecule has 0 fully saturated rings. The van der Waals surface area contributed by atoms with Crippen molar-refractivity contribution in [3.8, 4) is 0 Å². The molecule has 0 bridgehead atoms. The van der Waals surface area contributed by atoms with Gasteiger partial charge >= 0.3 is 12.1 Å². The molecule has 1 unspecified atom stereocenters. The Morgan fingerprint density at radius 3 is 2.59 bits per heavy atom. The molecule has 194 valence electrons. The molecule has 9 heteroatoms. The Kier molecular flexibility index (Phi) is 7.27. The zero-order chi connectivity index (χ0) is 26.8. The van der Waals surface area contributed by atoms with Crippen molar-refractivity contribution in [1.82, 2.24) is 10.3 Å². The molecule has 3 aromatic rings. The number of aromatic nitrogens is 1. The predicted molar refractivity (Wildman–Crippen MR) is 138 cm³/mol. The third-order valence-corrected chi connectivity index (χ3v) is 5.75. The maximum atomic E-state index is 13.5. The normalized spacial score (nSPS) is 16.6. The van der Waals surface area contributed by atoms with E-state index in [4.69, 9.17) is 4.74 Å². The lowest BCUT2D eigenvalue weighted by Gasteiger charge is -2.27. The molecule has 0 aliphatic carbocycles. The van der Waals surface area contributed by atoms with Gasteiger partial charge in [0.05, 0.1) is 5.56 Å². The molecule has 6 nitrogen and oxygen atoms in total. The van der Waals surface area contributed by atoms with E-state index >= 15 is 0 Å². The minimum Gasteiger partial charge on any atom is -0.459 e. The van der Waals surface area contributed by atoms with Crippen LogP contribution in [0.2, 0.25) is 0 Å². The van der Waals surface area contributed by atoms with Gasteiger partial charge in [-0.25, -0.2) is 4.79 Å². The van der Waals surface area contributed by atoms with Crippen LogP contribution in [-0.2, 0) is 20.5 Å². The summed E-state index contributed by atoms with van der Waals surface area (Å²) in [5, 5.41) is 6.74. The van der Waals surface area contributed by atoms with Crippen LogP contribution in [0.25, 0.3) is 22.6 Å². The molecule has 1 aliphatic heterocycles. The summed E-state index contributed by atoms with van der Waals surface area (Å²) >= 11 is 0. The van der Waals surface area contributed by atoms with Gasteiger partial charge in [-0.05, 0) is 86.4 Å². The number of hydrogen-bond donors (Lipinski definition) is 3. The highest BCUT2D eigenvalue weighted by Gasteiger charge is 2.32. The fraction of sp³-hybridized carbons (Fsp3) is 0.286. The van der Waals surface area contributed by atoms with Crippen molar-refractivity contribution in [3.05, 3.63) is 77.5 Å². The van der Waals surface area contributed by atoms with E-state index in [1.807, 2.05) is 18.2 Å². The molecular weight excluding hydrogens is 483 g/mol. The van der Waals surface area contributed by atoms with Crippen LogP contribution in [0.3, 0.4) is 0 Å². The SMILES string of the molecule is CC(C)(C)OC(=O)C1C=C(c2cc(C(F)(F)F)ccc2C=CC(=O)Nc2ccc3[nH]ccc3c2)CCN1. The molecule has 1 aromatic heterocycles. The molecule has 3 N–H and O–H groups in total. The summed E-state index contributed by atoms with van der Waals surface area (Å²) in [7, 11) is 0. The van der Waals surface area contributed by atoms with Crippen LogP contribution in [0.1, 0.15) is 43.9 Å².